The first-order valence-corrected chi connectivity index (χ1v) is 6.43. The molecule has 84 valence electrons. The molecular formula is C11H18N2OS. The van der Waals surface area contributed by atoms with Gasteiger partial charge in [0.05, 0.1) is 17.8 Å². The Kier molecular flexibility index (Phi) is 3.72. The minimum Gasteiger partial charge on any atom is -0.395 e. The van der Waals surface area contributed by atoms with E-state index in [0.717, 1.165) is 25.9 Å². The molecule has 0 amide bonds. The largest absolute Gasteiger partial charge is 0.395 e. The molecule has 1 atom stereocenters. The Bertz CT molecular complexity index is 313. The van der Waals surface area contributed by atoms with Crippen LogP contribution < -0.4 is 0 Å². The van der Waals surface area contributed by atoms with Crippen molar-refractivity contribution in [2.45, 2.75) is 32.2 Å². The van der Waals surface area contributed by atoms with Gasteiger partial charge in [0.2, 0.25) is 0 Å². The number of rotatable bonds is 4. The Morgan fingerprint density at radius 2 is 2.53 bits per heavy atom. The van der Waals surface area contributed by atoms with Crippen LogP contribution in [0.25, 0.3) is 0 Å². The van der Waals surface area contributed by atoms with Gasteiger partial charge in [-0.25, -0.2) is 4.98 Å². The van der Waals surface area contributed by atoms with Crippen LogP contribution in [0.3, 0.4) is 0 Å². The smallest absolute Gasteiger partial charge is 0.0797 e. The first-order chi connectivity index (χ1) is 7.31. The van der Waals surface area contributed by atoms with Crippen LogP contribution >= 0.6 is 11.3 Å². The maximum atomic E-state index is 9.20. The van der Waals surface area contributed by atoms with Crippen LogP contribution in [0.1, 0.15) is 23.4 Å². The van der Waals surface area contributed by atoms with E-state index in [2.05, 4.69) is 16.8 Å². The predicted molar refractivity (Wildman–Crippen MR) is 62.2 cm³/mol. The Hall–Kier alpha value is -0.450. The molecule has 1 N–H and O–H groups in total. The molecular weight excluding hydrogens is 208 g/mol. The van der Waals surface area contributed by atoms with E-state index in [4.69, 9.17) is 0 Å². The van der Waals surface area contributed by atoms with Crippen molar-refractivity contribution in [2.24, 2.45) is 0 Å². The van der Waals surface area contributed by atoms with Gasteiger partial charge in [0.15, 0.2) is 0 Å². The first kappa shape index (κ1) is 11.0. The third kappa shape index (κ3) is 2.56. The Morgan fingerprint density at radius 3 is 3.20 bits per heavy atom. The number of aliphatic hydroxyl groups excluding tert-OH is 1. The molecule has 4 heteroatoms. The second-order valence-corrected chi connectivity index (χ2v) is 5.06. The molecule has 0 aliphatic carbocycles. The van der Waals surface area contributed by atoms with Gasteiger partial charge in [-0.3, -0.25) is 4.90 Å². The van der Waals surface area contributed by atoms with Gasteiger partial charge in [-0.1, -0.05) is 0 Å². The van der Waals surface area contributed by atoms with E-state index in [1.165, 1.54) is 17.0 Å². The Labute approximate surface area is 94.8 Å². The molecule has 0 bridgehead atoms. The highest BCUT2D eigenvalue weighted by Crippen LogP contribution is 2.19. The zero-order valence-electron chi connectivity index (χ0n) is 9.15. The van der Waals surface area contributed by atoms with E-state index in [1.54, 1.807) is 11.3 Å². The maximum Gasteiger partial charge on any atom is 0.0797 e. The number of likely N-dealkylation sites (tertiary alicyclic amines) is 1. The van der Waals surface area contributed by atoms with Gasteiger partial charge in [-0.15, -0.1) is 11.3 Å². The molecule has 0 aromatic carbocycles. The minimum absolute atomic E-state index is 0.307. The number of aryl methyl sites for hydroxylation is 1. The number of nitrogens with zero attached hydrogens (tertiary/aromatic N) is 2. The van der Waals surface area contributed by atoms with Gasteiger partial charge < -0.3 is 5.11 Å². The van der Waals surface area contributed by atoms with Crippen molar-refractivity contribution < 1.29 is 5.11 Å². The van der Waals surface area contributed by atoms with Crippen molar-refractivity contribution >= 4 is 11.3 Å². The van der Waals surface area contributed by atoms with Gasteiger partial charge in [0.25, 0.3) is 0 Å². The Balaban J connectivity index is 1.85. The van der Waals surface area contributed by atoms with Crippen LogP contribution in [-0.2, 0) is 6.42 Å². The topological polar surface area (TPSA) is 36.4 Å². The van der Waals surface area contributed by atoms with E-state index in [0.29, 0.717) is 12.6 Å². The quantitative estimate of drug-likeness (QED) is 0.844. The van der Waals surface area contributed by atoms with Gasteiger partial charge in [0, 0.05) is 17.5 Å². The lowest BCUT2D eigenvalue weighted by Gasteiger charge is -2.22. The van der Waals surface area contributed by atoms with Crippen LogP contribution in [-0.4, -0.2) is 40.7 Å². The fourth-order valence-electron chi connectivity index (χ4n) is 2.21. The van der Waals surface area contributed by atoms with E-state index < -0.39 is 0 Å². The van der Waals surface area contributed by atoms with E-state index in [-0.39, 0.29) is 0 Å². The standard InChI is InChI=1S/C11H18N2OS/c1-9-11(15-8-12-9)4-6-13-5-2-3-10(13)7-14/h8,10,14H,2-7H2,1H3. The fourth-order valence-corrected chi connectivity index (χ4v) is 2.98. The summed E-state index contributed by atoms with van der Waals surface area (Å²) in [6, 6.07) is 0.401. The van der Waals surface area contributed by atoms with Crippen molar-refractivity contribution in [1.29, 1.82) is 0 Å². The summed E-state index contributed by atoms with van der Waals surface area (Å²) in [5, 5.41) is 9.20. The normalized spacial score (nSPS) is 22.4. The molecule has 15 heavy (non-hydrogen) atoms. The summed E-state index contributed by atoms with van der Waals surface area (Å²) >= 11 is 1.74. The predicted octanol–water partition coefficient (Wildman–Crippen LogP) is 1.45. The lowest BCUT2D eigenvalue weighted by molar-refractivity contribution is 0.160. The van der Waals surface area contributed by atoms with Crippen LogP contribution in [0.4, 0.5) is 0 Å². The molecule has 1 aliphatic rings. The molecule has 2 rings (SSSR count). The summed E-state index contributed by atoms with van der Waals surface area (Å²) in [4.78, 5) is 8.04. The number of aromatic nitrogens is 1. The van der Waals surface area contributed by atoms with Crippen LogP contribution in [0.2, 0.25) is 0 Å². The summed E-state index contributed by atoms with van der Waals surface area (Å²) in [6.07, 6.45) is 3.46. The molecule has 3 nitrogen and oxygen atoms in total. The molecule has 0 saturated carbocycles. The molecule has 1 aliphatic heterocycles. The lowest BCUT2D eigenvalue weighted by atomic mass is 10.2. The maximum absolute atomic E-state index is 9.20. The van der Waals surface area contributed by atoms with Crippen molar-refractivity contribution in [1.82, 2.24) is 9.88 Å². The summed E-state index contributed by atoms with van der Waals surface area (Å²) in [6.45, 7) is 4.58. The number of hydrogen-bond acceptors (Lipinski definition) is 4. The summed E-state index contributed by atoms with van der Waals surface area (Å²) in [5.74, 6) is 0. The average molecular weight is 226 g/mol. The van der Waals surface area contributed by atoms with Gasteiger partial charge >= 0.3 is 0 Å². The van der Waals surface area contributed by atoms with Gasteiger partial charge in [-0.05, 0) is 32.7 Å². The van der Waals surface area contributed by atoms with Gasteiger partial charge in [-0.2, -0.15) is 0 Å². The zero-order valence-corrected chi connectivity index (χ0v) is 9.96. The summed E-state index contributed by atoms with van der Waals surface area (Å²) in [5.41, 5.74) is 3.08. The molecule has 1 saturated heterocycles. The lowest BCUT2D eigenvalue weighted by Crippen LogP contribution is -2.33. The molecule has 0 spiro atoms. The summed E-state index contributed by atoms with van der Waals surface area (Å²) < 4.78 is 0. The van der Waals surface area contributed by atoms with Crippen molar-refractivity contribution in [3.05, 3.63) is 16.1 Å². The highest BCUT2D eigenvalue weighted by atomic mass is 32.1. The van der Waals surface area contributed by atoms with E-state index in [1.807, 2.05) is 5.51 Å². The number of hydrogen-bond donors (Lipinski definition) is 1. The fraction of sp³-hybridized carbons (Fsp3) is 0.727. The first-order valence-electron chi connectivity index (χ1n) is 5.55. The van der Waals surface area contributed by atoms with E-state index >= 15 is 0 Å². The number of thiazole rings is 1. The molecule has 1 unspecified atom stereocenters. The van der Waals surface area contributed by atoms with Crippen molar-refractivity contribution in [3.63, 3.8) is 0 Å². The highest BCUT2D eigenvalue weighted by molar-refractivity contribution is 7.09. The van der Waals surface area contributed by atoms with Crippen molar-refractivity contribution in [3.8, 4) is 0 Å². The number of aliphatic hydroxyl groups is 1. The molecule has 1 aromatic heterocycles. The monoisotopic (exact) mass is 226 g/mol. The highest BCUT2D eigenvalue weighted by Gasteiger charge is 2.23. The zero-order chi connectivity index (χ0) is 10.7. The van der Waals surface area contributed by atoms with Crippen LogP contribution in [0.5, 0.6) is 0 Å². The van der Waals surface area contributed by atoms with Crippen LogP contribution in [0.15, 0.2) is 5.51 Å². The molecule has 0 radical (unpaired) electrons. The molecule has 2 heterocycles. The van der Waals surface area contributed by atoms with Crippen LogP contribution in [0, 0.1) is 6.92 Å². The molecule has 1 aromatic rings. The second-order valence-electron chi connectivity index (χ2n) is 4.13. The molecule has 1 fully saturated rings. The SMILES string of the molecule is Cc1ncsc1CCN1CCCC1CO. The Morgan fingerprint density at radius 1 is 1.67 bits per heavy atom. The second kappa shape index (κ2) is 5.05. The van der Waals surface area contributed by atoms with Gasteiger partial charge in [0.1, 0.15) is 0 Å². The van der Waals surface area contributed by atoms with E-state index in [9.17, 15) is 5.11 Å². The minimum atomic E-state index is 0.307. The van der Waals surface area contributed by atoms with Crippen molar-refractivity contribution in [2.75, 3.05) is 19.7 Å². The third-order valence-electron chi connectivity index (χ3n) is 3.18. The third-order valence-corrected chi connectivity index (χ3v) is 4.18. The average Bonchev–Trinajstić information content (AvgIpc) is 2.83. The summed E-state index contributed by atoms with van der Waals surface area (Å²) in [7, 11) is 0.